The monoisotopic (exact) mass is 375 g/mol. The van der Waals surface area contributed by atoms with Gasteiger partial charge < -0.3 is 15.4 Å². The maximum absolute atomic E-state index is 12.2. The lowest BCUT2D eigenvalue weighted by atomic mass is 10.1. The number of nitrogens with one attached hydrogen (secondary N) is 2. The number of benzene rings is 2. The summed E-state index contributed by atoms with van der Waals surface area (Å²) in [5, 5.41) is 5.65. The third-order valence-electron chi connectivity index (χ3n) is 4.13. The predicted octanol–water partition coefficient (Wildman–Crippen LogP) is 3.91. The van der Waals surface area contributed by atoms with E-state index in [1.54, 1.807) is 49.7 Å². The number of aromatic nitrogens is 1. The van der Waals surface area contributed by atoms with E-state index in [2.05, 4.69) is 15.6 Å². The second kappa shape index (κ2) is 9.32. The molecule has 0 unspecified atom stereocenters. The highest BCUT2D eigenvalue weighted by atomic mass is 16.5. The molecule has 0 saturated carbocycles. The zero-order valence-electron chi connectivity index (χ0n) is 15.5. The average molecular weight is 375 g/mol. The van der Waals surface area contributed by atoms with Crippen LogP contribution in [-0.2, 0) is 11.2 Å². The van der Waals surface area contributed by atoms with Crippen LogP contribution in [-0.4, -0.2) is 23.9 Å². The molecule has 2 N–H and O–H groups in total. The number of carbonyl (C=O) groups excluding carboxylic acids is 2. The number of hydrogen-bond donors (Lipinski definition) is 2. The molecule has 0 atom stereocenters. The van der Waals surface area contributed by atoms with Crippen LogP contribution < -0.4 is 15.4 Å². The fourth-order valence-corrected chi connectivity index (χ4v) is 2.65. The third-order valence-corrected chi connectivity index (χ3v) is 4.13. The summed E-state index contributed by atoms with van der Waals surface area (Å²) in [6, 6.07) is 18.1. The predicted molar refractivity (Wildman–Crippen MR) is 109 cm³/mol. The van der Waals surface area contributed by atoms with Crippen LogP contribution in [0.1, 0.15) is 22.3 Å². The summed E-state index contributed by atoms with van der Waals surface area (Å²) in [6.45, 7) is 0. The Kier molecular flexibility index (Phi) is 6.36. The van der Waals surface area contributed by atoms with E-state index in [1.807, 2.05) is 24.3 Å². The Balaban J connectivity index is 1.50. The van der Waals surface area contributed by atoms with Crippen LogP contribution in [0.2, 0.25) is 0 Å². The number of carbonyl (C=O) groups is 2. The van der Waals surface area contributed by atoms with Gasteiger partial charge in [-0.25, -0.2) is 0 Å². The van der Waals surface area contributed by atoms with Crippen molar-refractivity contribution in [3.05, 3.63) is 84.2 Å². The second-order valence-corrected chi connectivity index (χ2v) is 6.17. The molecule has 0 fully saturated rings. The molecule has 3 rings (SSSR count). The van der Waals surface area contributed by atoms with Gasteiger partial charge in [-0.1, -0.05) is 12.1 Å². The summed E-state index contributed by atoms with van der Waals surface area (Å²) >= 11 is 0. The number of hydrogen-bond acceptors (Lipinski definition) is 4. The molecule has 0 saturated heterocycles. The molecule has 28 heavy (non-hydrogen) atoms. The first-order chi connectivity index (χ1) is 13.6. The van der Waals surface area contributed by atoms with E-state index in [0.717, 1.165) is 11.3 Å². The largest absolute Gasteiger partial charge is 0.497 e. The van der Waals surface area contributed by atoms with E-state index in [4.69, 9.17) is 4.74 Å². The van der Waals surface area contributed by atoms with Crippen LogP contribution in [0.25, 0.3) is 0 Å². The number of rotatable bonds is 7. The van der Waals surface area contributed by atoms with Crippen LogP contribution in [0.3, 0.4) is 0 Å². The zero-order valence-corrected chi connectivity index (χ0v) is 15.5. The molecule has 6 nitrogen and oxygen atoms in total. The molecule has 142 valence electrons. The highest BCUT2D eigenvalue weighted by Crippen LogP contribution is 2.16. The Morgan fingerprint density at radius 2 is 1.71 bits per heavy atom. The molecule has 3 aromatic rings. The number of aryl methyl sites for hydroxylation is 1. The lowest BCUT2D eigenvalue weighted by Crippen LogP contribution is -2.13. The van der Waals surface area contributed by atoms with Crippen molar-refractivity contribution in [3.8, 4) is 5.75 Å². The summed E-state index contributed by atoms with van der Waals surface area (Å²) in [5.74, 6) is 0.472. The topological polar surface area (TPSA) is 80.3 Å². The molecule has 6 heteroatoms. The van der Waals surface area contributed by atoms with Gasteiger partial charge in [0.25, 0.3) is 5.91 Å². The normalized spacial score (nSPS) is 10.2. The number of anilines is 2. The highest BCUT2D eigenvalue weighted by molar-refractivity contribution is 6.04. The molecular formula is C22H21N3O3. The van der Waals surface area contributed by atoms with E-state index in [1.165, 1.54) is 6.20 Å². The van der Waals surface area contributed by atoms with Crippen LogP contribution in [0, 0.1) is 0 Å². The van der Waals surface area contributed by atoms with Crippen molar-refractivity contribution >= 4 is 23.2 Å². The SMILES string of the molecule is COc1cccc(CCC(=O)Nc2ccc(NC(=O)c3cccnc3)cc2)c1. The van der Waals surface area contributed by atoms with Crippen molar-refractivity contribution in [1.29, 1.82) is 0 Å². The van der Waals surface area contributed by atoms with Gasteiger partial charge in [-0.2, -0.15) is 0 Å². The van der Waals surface area contributed by atoms with Gasteiger partial charge >= 0.3 is 0 Å². The summed E-state index contributed by atoms with van der Waals surface area (Å²) in [6.07, 6.45) is 4.11. The number of methoxy groups -OCH3 is 1. The molecule has 0 bridgehead atoms. The molecule has 1 aromatic heterocycles. The Hall–Kier alpha value is -3.67. The van der Waals surface area contributed by atoms with Gasteiger partial charge in [-0.05, 0) is 60.5 Å². The molecule has 0 aliphatic carbocycles. The summed E-state index contributed by atoms with van der Waals surface area (Å²) in [7, 11) is 1.62. The molecule has 1 heterocycles. The lowest BCUT2D eigenvalue weighted by Gasteiger charge is -2.08. The number of ether oxygens (including phenoxy) is 1. The Bertz CT molecular complexity index is 941. The van der Waals surface area contributed by atoms with Crippen LogP contribution in [0.15, 0.2) is 73.1 Å². The van der Waals surface area contributed by atoms with Gasteiger partial charge in [0.1, 0.15) is 5.75 Å². The number of nitrogens with zero attached hydrogens (tertiary/aromatic N) is 1. The molecule has 2 aromatic carbocycles. The summed E-state index contributed by atoms with van der Waals surface area (Å²) < 4.78 is 5.19. The van der Waals surface area contributed by atoms with Gasteiger partial charge in [0, 0.05) is 30.2 Å². The molecule has 0 radical (unpaired) electrons. The first kappa shape index (κ1) is 19.1. The van der Waals surface area contributed by atoms with Crippen LogP contribution in [0.5, 0.6) is 5.75 Å². The Labute approximate surface area is 163 Å². The minimum absolute atomic E-state index is 0.0741. The summed E-state index contributed by atoms with van der Waals surface area (Å²) in [5.41, 5.74) is 2.85. The van der Waals surface area contributed by atoms with Crippen molar-refractivity contribution in [2.45, 2.75) is 12.8 Å². The Morgan fingerprint density at radius 1 is 0.964 bits per heavy atom. The molecule has 2 amide bonds. The van der Waals surface area contributed by atoms with Crippen molar-refractivity contribution in [2.24, 2.45) is 0 Å². The van der Waals surface area contributed by atoms with Crippen LogP contribution in [0.4, 0.5) is 11.4 Å². The molecule has 0 spiro atoms. The number of pyridine rings is 1. The first-order valence-electron chi connectivity index (χ1n) is 8.88. The smallest absolute Gasteiger partial charge is 0.257 e. The average Bonchev–Trinajstić information content (AvgIpc) is 2.74. The van der Waals surface area contributed by atoms with Gasteiger partial charge in [-0.15, -0.1) is 0 Å². The maximum Gasteiger partial charge on any atom is 0.257 e. The molecule has 0 aliphatic rings. The zero-order chi connectivity index (χ0) is 19.8. The van der Waals surface area contributed by atoms with Gasteiger partial charge in [0.05, 0.1) is 12.7 Å². The van der Waals surface area contributed by atoms with Gasteiger partial charge in [-0.3, -0.25) is 14.6 Å². The fraction of sp³-hybridized carbons (Fsp3) is 0.136. The van der Waals surface area contributed by atoms with Crippen molar-refractivity contribution in [3.63, 3.8) is 0 Å². The third kappa shape index (κ3) is 5.41. The lowest BCUT2D eigenvalue weighted by molar-refractivity contribution is -0.116. The summed E-state index contributed by atoms with van der Waals surface area (Å²) in [4.78, 5) is 28.2. The molecular weight excluding hydrogens is 354 g/mol. The van der Waals surface area contributed by atoms with Crippen molar-refractivity contribution < 1.29 is 14.3 Å². The van der Waals surface area contributed by atoms with E-state index in [9.17, 15) is 9.59 Å². The van der Waals surface area contributed by atoms with Gasteiger partial charge in [0.2, 0.25) is 5.91 Å². The van der Waals surface area contributed by atoms with Crippen molar-refractivity contribution in [1.82, 2.24) is 4.98 Å². The standard InChI is InChI=1S/C22H21N3O3/c1-28-20-6-2-4-16(14-20)7-12-21(26)24-18-8-10-19(11-9-18)25-22(27)17-5-3-13-23-15-17/h2-6,8-11,13-15H,7,12H2,1H3,(H,24,26)(H,25,27). The quantitative estimate of drug-likeness (QED) is 0.656. The molecule has 0 aliphatic heterocycles. The van der Waals surface area contributed by atoms with Gasteiger partial charge in [0.15, 0.2) is 0 Å². The van der Waals surface area contributed by atoms with Crippen molar-refractivity contribution in [2.75, 3.05) is 17.7 Å². The van der Waals surface area contributed by atoms with E-state index < -0.39 is 0 Å². The highest BCUT2D eigenvalue weighted by Gasteiger charge is 2.07. The fourth-order valence-electron chi connectivity index (χ4n) is 2.65. The van der Waals surface area contributed by atoms with E-state index in [-0.39, 0.29) is 11.8 Å². The minimum Gasteiger partial charge on any atom is -0.497 e. The first-order valence-corrected chi connectivity index (χ1v) is 8.88. The number of amides is 2. The van der Waals surface area contributed by atoms with E-state index >= 15 is 0 Å². The minimum atomic E-state index is -0.233. The van der Waals surface area contributed by atoms with E-state index in [0.29, 0.717) is 29.8 Å². The second-order valence-electron chi connectivity index (χ2n) is 6.17. The van der Waals surface area contributed by atoms with Crippen LogP contribution >= 0.6 is 0 Å². The Morgan fingerprint density at radius 3 is 2.39 bits per heavy atom. The maximum atomic E-state index is 12.2.